The number of hydrogen-bond donors (Lipinski definition) is 2. The molecule has 0 heterocycles. The summed E-state index contributed by atoms with van der Waals surface area (Å²) in [5.41, 5.74) is 1.27. The zero-order chi connectivity index (χ0) is 10.1. The molecule has 0 spiro atoms. The summed E-state index contributed by atoms with van der Waals surface area (Å²) in [4.78, 5) is 0.729. The monoisotopic (exact) mass is 197 g/mol. The fraction of sp³-hybridized carbons (Fsp3) is 0.400. The average molecular weight is 197 g/mol. The summed E-state index contributed by atoms with van der Waals surface area (Å²) in [6.45, 7) is 6.39. The lowest BCUT2D eigenvalue weighted by Gasteiger charge is -2.19. The molecule has 0 aliphatic heterocycles. The van der Waals surface area contributed by atoms with E-state index in [4.69, 9.17) is 5.14 Å². The summed E-state index contributed by atoms with van der Waals surface area (Å²) in [6.07, 6.45) is 0. The maximum absolute atomic E-state index is 9.40. The highest BCUT2D eigenvalue weighted by molar-refractivity contribution is 7.97. The van der Waals surface area contributed by atoms with Gasteiger partial charge in [0.15, 0.2) is 0 Å². The quantitative estimate of drug-likeness (QED) is 0.680. The van der Waals surface area contributed by atoms with Gasteiger partial charge in [-0.15, -0.1) is 0 Å². The first kappa shape index (κ1) is 10.4. The lowest BCUT2D eigenvalue weighted by molar-refractivity contribution is 0.460. The van der Waals surface area contributed by atoms with Crippen LogP contribution in [0.4, 0.5) is 0 Å². The van der Waals surface area contributed by atoms with Crippen LogP contribution in [-0.2, 0) is 5.41 Å². The van der Waals surface area contributed by atoms with Gasteiger partial charge in [-0.05, 0) is 35.1 Å². The van der Waals surface area contributed by atoms with E-state index in [9.17, 15) is 5.11 Å². The third kappa shape index (κ3) is 2.39. The Morgan fingerprint density at radius 3 is 2.38 bits per heavy atom. The first-order chi connectivity index (χ1) is 5.95. The van der Waals surface area contributed by atoms with Crippen LogP contribution in [0.2, 0.25) is 0 Å². The molecule has 72 valence electrons. The molecule has 1 aromatic carbocycles. The second kappa shape index (κ2) is 3.60. The minimum atomic E-state index is 0.0954. The van der Waals surface area contributed by atoms with Gasteiger partial charge in [0.1, 0.15) is 5.75 Å². The number of benzene rings is 1. The van der Waals surface area contributed by atoms with E-state index < -0.39 is 0 Å². The van der Waals surface area contributed by atoms with Crippen LogP contribution in [0.5, 0.6) is 5.75 Å². The van der Waals surface area contributed by atoms with Gasteiger partial charge in [-0.3, -0.25) is 5.14 Å². The second-order valence-corrected chi connectivity index (χ2v) is 4.73. The Kier molecular flexibility index (Phi) is 2.88. The van der Waals surface area contributed by atoms with Crippen molar-refractivity contribution >= 4 is 11.9 Å². The largest absolute Gasteiger partial charge is 0.507 e. The minimum absolute atomic E-state index is 0.0954. The number of phenols is 1. The molecule has 0 saturated carbocycles. The van der Waals surface area contributed by atoms with E-state index in [1.165, 1.54) is 5.56 Å². The number of aromatic hydroxyl groups is 1. The summed E-state index contributed by atoms with van der Waals surface area (Å²) in [7, 11) is 0. The van der Waals surface area contributed by atoms with Crippen molar-refractivity contribution in [2.24, 2.45) is 5.14 Å². The summed E-state index contributed by atoms with van der Waals surface area (Å²) in [5.74, 6) is 0.250. The molecular weight excluding hydrogens is 182 g/mol. The number of nitrogens with two attached hydrogens (primary N) is 1. The molecule has 0 amide bonds. The smallest absolute Gasteiger partial charge is 0.130 e. The Balaban J connectivity index is 3.14. The van der Waals surface area contributed by atoms with Crippen molar-refractivity contribution in [3.8, 4) is 5.75 Å². The Hall–Kier alpha value is -0.670. The van der Waals surface area contributed by atoms with Gasteiger partial charge in [-0.1, -0.05) is 26.8 Å². The summed E-state index contributed by atoms with van der Waals surface area (Å²) in [5, 5.41) is 14.8. The topological polar surface area (TPSA) is 46.2 Å². The highest BCUT2D eigenvalue weighted by Gasteiger charge is 2.14. The molecule has 0 bridgehead atoms. The molecular formula is C10H15NOS. The Morgan fingerprint density at radius 2 is 1.92 bits per heavy atom. The highest BCUT2D eigenvalue weighted by Crippen LogP contribution is 2.31. The lowest BCUT2D eigenvalue weighted by Crippen LogP contribution is -2.10. The van der Waals surface area contributed by atoms with Crippen molar-refractivity contribution in [3.63, 3.8) is 0 Å². The van der Waals surface area contributed by atoms with Crippen LogP contribution in [0.25, 0.3) is 0 Å². The molecule has 1 aromatic rings. The van der Waals surface area contributed by atoms with E-state index in [1.54, 1.807) is 6.07 Å². The Labute approximate surface area is 83.3 Å². The molecule has 1 rings (SSSR count). The molecule has 0 radical (unpaired) electrons. The minimum Gasteiger partial charge on any atom is -0.507 e. The van der Waals surface area contributed by atoms with E-state index in [0.29, 0.717) is 0 Å². The third-order valence-corrected chi connectivity index (χ3v) is 2.53. The Bertz CT molecular complexity index is 304. The summed E-state index contributed by atoms with van der Waals surface area (Å²) < 4.78 is 0. The predicted molar refractivity (Wildman–Crippen MR) is 56.9 cm³/mol. The molecule has 3 heteroatoms. The highest BCUT2D eigenvalue weighted by atomic mass is 32.2. The molecule has 2 nitrogen and oxygen atoms in total. The fourth-order valence-corrected chi connectivity index (χ4v) is 1.46. The van der Waals surface area contributed by atoms with Crippen molar-refractivity contribution in [1.82, 2.24) is 0 Å². The van der Waals surface area contributed by atoms with Gasteiger partial charge in [0.05, 0.1) is 4.90 Å². The summed E-state index contributed by atoms with van der Waals surface area (Å²) in [6, 6.07) is 5.55. The van der Waals surface area contributed by atoms with E-state index in [0.717, 1.165) is 16.8 Å². The van der Waals surface area contributed by atoms with Gasteiger partial charge in [-0.25, -0.2) is 0 Å². The van der Waals surface area contributed by atoms with Gasteiger partial charge < -0.3 is 5.11 Å². The van der Waals surface area contributed by atoms with Crippen molar-refractivity contribution in [2.75, 3.05) is 0 Å². The van der Waals surface area contributed by atoms with Crippen molar-refractivity contribution in [1.29, 1.82) is 0 Å². The van der Waals surface area contributed by atoms with E-state index in [2.05, 4.69) is 20.8 Å². The first-order valence-corrected chi connectivity index (χ1v) is 5.03. The standard InChI is InChI=1S/C10H15NOS/c1-10(2,3)7-4-5-8(12)9(6-7)13-11/h4-6,12H,11H2,1-3H3. The van der Waals surface area contributed by atoms with Gasteiger partial charge in [-0.2, -0.15) is 0 Å². The van der Waals surface area contributed by atoms with E-state index in [-0.39, 0.29) is 11.2 Å². The predicted octanol–water partition coefficient (Wildman–Crippen LogP) is 2.66. The maximum atomic E-state index is 9.40. The average Bonchev–Trinajstić information content (AvgIpc) is 2.03. The molecule has 0 unspecified atom stereocenters. The van der Waals surface area contributed by atoms with Crippen LogP contribution in [0.3, 0.4) is 0 Å². The van der Waals surface area contributed by atoms with Crippen LogP contribution in [-0.4, -0.2) is 5.11 Å². The van der Waals surface area contributed by atoms with Crippen LogP contribution >= 0.6 is 11.9 Å². The molecule has 13 heavy (non-hydrogen) atoms. The molecule has 0 aliphatic carbocycles. The van der Waals surface area contributed by atoms with Crippen LogP contribution in [0.15, 0.2) is 23.1 Å². The van der Waals surface area contributed by atoms with Gasteiger partial charge in [0, 0.05) is 0 Å². The fourth-order valence-electron chi connectivity index (χ4n) is 1.08. The Morgan fingerprint density at radius 1 is 1.31 bits per heavy atom. The van der Waals surface area contributed by atoms with Crippen molar-refractivity contribution < 1.29 is 5.11 Å². The molecule has 3 N–H and O–H groups in total. The van der Waals surface area contributed by atoms with Gasteiger partial charge in [0.25, 0.3) is 0 Å². The molecule has 0 saturated heterocycles. The second-order valence-electron chi connectivity index (χ2n) is 4.05. The zero-order valence-corrected chi connectivity index (χ0v) is 8.98. The third-order valence-electron chi connectivity index (χ3n) is 1.95. The number of hydrogen-bond acceptors (Lipinski definition) is 3. The lowest BCUT2D eigenvalue weighted by atomic mass is 9.87. The van der Waals surface area contributed by atoms with Gasteiger partial charge >= 0.3 is 0 Å². The van der Waals surface area contributed by atoms with E-state index >= 15 is 0 Å². The SMILES string of the molecule is CC(C)(C)c1ccc(O)c(SN)c1. The normalized spacial score (nSPS) is 11.7. The van der Waals surface area contributed by atoms with E-state index in [1.807, 2.05) is 12.1 Å². The first-order valence-electron chi connectivity index (χ1n) is 4.15. The van der Waals surface area contributed by atoms with Crippen LogP contribution in [0, 0.1) is 0 Å². The number of rotatable bonds is 1. The molecule has 0 fully saturated rings. The van der Waals surface area contributed by atoms with Crippen molar-refractivity contribution in [2.45, 2.75) is 31.1 Å². The zero-order valence-electron chi connectivity index (χ0n) is 8.16. The molecule has 0 atom stereocenters. The summed E-state index contributed by atoms with van der Waals surface area (Å²) >= 11 is 1.08. The molecule has 0 aromatic heterocycles. The van der Waals surface area contributed by atoms with Crippen LogP contribution in [0.1, 0.15) is 26.3 Å². The van der Waals surface area contributed by atoms with Crippen molar-refractivity contribution in [3.05, 3.63) is 23.8 Å². The number of phenolic OH excluding ortho intramolecular Hbond substituents is 1. The molecule has 0 aliphatic rings. The maximum Gasteiger partial charge on any atom is 0.130 e. The van der Waals surface area contributed by atoms with Crippen LogP contribution < -0.4 is 5.14 Å². The van der Waals surface area contributed by atoms with Gasteiger partial charge in [0.2, 0.25) is 0 Å².